The lowest BCUT2D eigenvalue weighted by Crippen LogP contribution is -2.13. The molecule has 1 heterocycles. The standard InChI is InChI=1S/C7H10N6OS2/c1-2-3-15-7-11-6(16-12-7)10-5(14)4-9-13-8/h2-4H2,1H3,(H,10,11,12,14). The third-order valence-electron chi connectivity index (χ3n) is 1.37. The first kappa shape index (κ1) is 12.8. The van der Waals surface area contributed by atoms with Crippen molar-refractivity contribution >= 4 is 34.3 Å². The maximum Gasteiger partial charge on any atom is 0.232 e. The van der Waals surface area contributed by atoms with Crippen LogP contribution in [-0.4, -0.2) is 27.6 Å². The number of aromatic nitrogens is 2. The molecule has 9 heteroatoms. The first-order chi connectivity index (χ1) is 7.76. The fourth-order valence-corrected chi connectivity index (χ4v) is 2.18. The zero-order valence-corrected chi connectivity index (χ0v) is 10.2. The fourth-order valence-electron chi connectivity index (χ4n) is 0.767. The minimum absolute atomic E-state index is 0.229. The zero-order valence-electron chi connectivity index (χ0n) is 8.58. The maximum atomic E-state index is 11.2. The van der Waals surface area contributed by atoms with E-state index in [1.165, 1.54) is 0 Å². The minimum atomic E-state index is -0.388. The van der Waals surface area contributed by atoms with Crippen LogP contribution in [0.5, 0.6) is 0 Å². The normalized spacial score (nSPS) is 9.56. The Hall–Kier alpha value is -1.31. The fraction of sp³-hybridized carbons (Fsp3) is 0.571. The molecule has 0 saturated carbocycles. The molecule has 0 radical (unpaired) electrons. The van der Waals surface area contributed by atoms with Gasteiger partial charge in [-0.3, -0.25) is 4.79 Å². The summed E-state index contributed by atoms with van der Waals surface area (Å²) in [6, 6.07) is 0. The molecule has 1 aromatic rings. The lowest BCUT2D eigenvalue weighted by atomic mass is 10.6. The summed E-state index contributed by atoms with van der Waals surface area (Å²) in [7, 11) is 0. The number of carbonyl (C=O) groups is 1. The third-order valence-corrected chi connectivity index (χ3v) is 3.17. The molecule has 0 fully saturated rings. The molecule has 1 rings (SSSR count). The van der Waals surface area contributed by atoms with E-state index >= 15 is 0 Å². The van der Waals surface area contributed by atoms with Gasteiger partial charge in [0, 0.05) is 22.2 Å². The van der Waals surface area contributed by atoms with Gasteiger partial charge in [0.25, 0.3) is 0 Å². The van der Waals surface area contributed by atoms with E-state index in [2.05, 4.69) is 31.6 Å². The summed E-state index contributed by atoms with van der Waals surface area (Å²) in [5.41, 5.74) is 8.03. The van der Waals surface area contributed by atoms with Crippen LogP contribution in [-0.2, 0) is 4.79 Å². The highest BCUT2D eigenvalue weighted by Gasteiger charge is 2.07. The van der Waals surface area contributed by atoms with Gasteiger partial charge in [-0.1, -0.05) is 23.8 Å². The van der Waals surface area contributed by atoms with Crippen LogP contribution >= 0.6 is 23.3 Å². The second kappa shape index (κ2) is 7.04. The van der Waals surface area contributed by atoms with Crippen molar-refractivity contribution in [1.29, 1.82) is 0 Å². The Morgan fingerprint density at radius 1 is 1.75 bits per heavy atom. The van der Waals surface area contributed by atoms with Crippen molar-refractivity contribution in [2.24, 2.45) is 5.11 Å². The summed E-state index contributed by atoms with van der Waals surface area (Å²) in [5.74, 6) is 0.559. The smallest absolute Gasteiger partial charge is 0.232 e. The number of nitrogens with zero attached hydrogens (tertiary/aromatic N) is 5. The van der Waals surface area contributed by atoms with Crippen molar-refractivity contribution in [2.75, 3.05) is 17.6 Å². The summed E-state index contributed by atoms with van der Waals surface area (Å²) in [5, 5.41) is 6.73. The Morgan fingerprint density at radius 3 is 3.25 bits per heavy atom. The molecule has 1 amide bonds. The molecule has 0 atom stereocenters. The second-order valence-electron chi connectivity index (χ2n) is 2.67. The molecule has 0 saturated heterocycles. The van der Waals surface area contributed by atoms with E-state index in [1.807, 2.05) is 0 Å². The van der Waals surface area contributed by atoms with Gasteiger partial charge in [-0.15, -0.1) is 0 Å². The molecule has 16 heavy (non-hydrogen) atoms. The van der Waals surface area contributed by atoms with Crippen molar-refractivity contribution in [3.8, 4) is 0 Å². The van der Waals surface area contributed by atoms with Crippen LogP contribution in [0.15, 0.2) is 10.3 Å². The molecular weight excluding hydrogens is 248 g/mol. The molecule has 0 aliphatic carbocycles. The quantitative estimate of drug-likeness (QED) is 0.366. The monoisotopic (exact) mass is 258 g/mol. The Labute approximate surface area is 100 Å². The summed E-state index contributed by atoms with van der Waals surface area (Å²) >= 11 is 2.65. The summed E-state index contributed by atoms with van der Waals surface area (Å²) in [6.07, 6.45) is 1.04. The molecule has 7 nitrogen and oxygen atoms in total. The van der Waals surface area contributed by atoms with Gasteiger partial charge in [-0.05, 0) is 12.0 Å². The van der Waals surface area contributed by atoms with Crippen LogP contribution in [0.2, 0.25) is 0 Å². The third kappa shape index (κ3) is 4.47. The van der Waals surface area contributed by atoms with Crippen LogP contribution in [0.4, 0.5) is 5.13 Å². The molecule has 0 spiro atoms. The van der Waals surface area contributed by atoms with Gasteiger partial charge in [0.05, 0.1) is 0 Å². The van der Waals surface area contributed by atoms with E-state index < -0.39 is 0 Å². The largest absolute Gasteiger partial charge is 0.301 e. The number of nitrogens with one attached hydrogen (secondary N) is 1. The van der Waals surface area contributed by atoms with E-state index in [1.54, 1.807) is 11.8 Å². The summed E-state index contributed by atoms with van der Waals surface area (Å²) in [4.78, 5) is 17.7. The number of anilines is 1. The lowest BCUT2D eigenvalue weighted by molar-refractivity contribution is -0.114. The second-order valence-corrected chi connectivity index (χ2v) is 4.48. The van der Waals surface area contributed by atoms with E-state index in [0.29, 0.717) is 10.3 Å². The summed E-state index contributed by atoms with van der Waals surface area (Å²) < 4.78 is 4.06. The Kier molecular flexibility index (Phi) is 5.62. The van der Waals surface area contributed by atoms with E-state index in [0.717, 1.165) is 23.7 Å². The van der Waals surface area contributed by atoms with Gasteiger partial charge in [-0.25, -0.2) is 0 Å². The number of hydrogen-bond donors (Lipinski definition) is 1. The van der Waals surface area contributed by atoms with Crippen molar-refractivity contribution in [3.05, 3.63) is 10.4 Å². The maximum absolute atomic E-state index is 11.2. The average Bonchev–Trinajstić information content (AvgIpc) is 2.71. The molecule has 86 valence electrons. The van der Waals surface area contributed by atoms with Crippen LogP contribution in [0.25, 0.3) is 10.4 Å². The van der Waals surface area contributed by atoms with Crippen molar-refractivity contribution in [1.82, 2.24) is 9.36 Å². The van der Waals surface area contributed by atoms with Gasteiger partial charge in [0.1, 0.15) is 6.54 Å². The number of azide groups is 1. The topological polar surface area (TPSA) is 104 Å². The first-order valence-electron chi connectivity index (χ1n) is 4.53. The number of hydrogen-bond acceptors (Lipinski definition) is 6. The Balaban J connectivity index is 2.45. The minimum Gasteiger partial charge on any atom is -0.301 e. The van der Waals surface area contributed by atoms with Crippen molar-refractivity contribution < 1.29 is 4.79 Å². The molecule has 1 aromatic heterocycles. The Morgan fingerprint density at radius 2 is 2.56 bits per heavy atom. The van der Waals surface area contributed by atoms with Gasteiger partial charge >= 0.3 is 0 Å². The van der Waals surface area contributed by atoms with E-state index in [9.17, 15) is 4.79 Å². The molecule has 0 aliphatic heterocycles. The average molecular weight is 258 g/mol. The zero-order chi connectivity index (χ0) is 11.8. The number of rotatable bonds is 6. The van der Waals surface area contributed by atoms with Crippen molar-refractivity contribution in [2.45, 2.75) is 18.5 Å². The number of amides is 1. The SMILES string of the molecule is CCCSc1nsc(NC(=O)CN=[N+]=[N-])n1. The molecule has 1 N–H and O–H groups in total. The van der Waals surface area contributed by atoms with Crippen LogP contribution < -0.4 is 5.32 Å². The number of carbonyl (C=O) groups excluding carboxylic acids is 1. The number of thioether (sulfide) groups is 1. The van der Waals surface area contributed by atoms with Gasteiger partial charge in [0.2, 0.25) is 16.2 Å². The Bertz CT molecular complexity index is 399. The van der Waals surface area contributed by atoms with Gasteiger partial charge in [-0.2, -0.15) is 9.36 Å². The predicted molar refractivity (Wildman–Crippen MR) is 63.6 cm³/mol. The molecule has 0 unspecified atom stereocenters. The summed E-state index contributed by atoms with van der Waals surface area (Å²) in [6.45, 7) is 1.84. The lowest BCUT2D eigenvalue weighted by Gasteiger charge is -1.95. The highest BCUT2D eigenvalue weighted by molar-refractivity contribution is 7.99. The van der Waals surface area contributed by atoms with Crippen LogP contribution in [0, 0.1) is 0 Å². The molecule has 0 bridgehead atoms. The highest BCUT2D eigenvalue weighted by Crippen LogP contribution is 2.20. The molecule has 0 aromatic carbocycles. The van der Waals surface area contributed by atoms with Gasteiger partial charge in [0.15, 0.2) is 0 Å². The first-order valence-corrected chi connectivity index (χ1v) is 6.29. The van der Waals surface area contributed by atoms with Crippen LogP contribution in [0.1, 0.15) is 13.3 Å². The van der Waals surface area contributed by atoms with E-state index in [4.69, 9.17) is 5.53 Å². The van der Waals surface area contributed by atoms with Gasteiger partial charge < -0.3 is 5.32 Å². The highest BCUT2D eigenvalue weighted by atomic mass is 32.2. The predicted octanol–water partition coefficient (Wildman–Crippen LogP) is 2.29. The van der Waals surface area contributed by atoms with Crippen LogP contribution in [0.3, 0.4) is 0 Å². The molecule has 0 aliphatic rings. The molecular formula is C7H10N6OS2. The van der Waals surface area contributed by atoms with E-state index in [-0.39, 0.29) is 12.5 Å². The van der Waals surface area contributed by atoms with Crippen molar-refractivity contribution in [3.63, 3.8) is 0 Å².